The van der Waals surface area contributed by atoms with Crippen molar-refractivity contribution in [1.29, 1.82) is 0 Å². The van der Waals surface area contributed by atoms with Gasteiger partial charge in [-0.25, -0.2) is 9.68 Å². The van der Waals surface area contributed by atoms with Gasteiger partial charge in [0.1, 0.15) is 5.60 Å². The number of hydrogen-bond acceptors (Lipinski definition) is 5. The summed E-state index contributed by atoms with van der Waals surface area (Å²) < 4.78 is 11.2. The number of ether oxygens (including phenoxy) is 2. The first kappa shape index (κ1) is 15.6. The molecular weight excluding hydrogens is 296 g/mol. The van der Waals surface area contributed by atoms with Crippen molar-refractivity contribution >= 4 is 5.97 Å². The van der Waals surface area contributed by atoms with Crippen LogP contribution in [0.15, 0.2) is 12.2 Å². The van der Waals surface area contributed by atoms with E-state index in [-0.39, 0.29) is 5.97 Å². The van der Waals surface area contributed by atoms with Crippen LogP contribution in [0.5, 0.6) is 0 Å². The number of esters is 1. The topological polar surface area (TPSA) is 54.0 Å². The molecule has 1 spiro atoms. The van der Waals surface area contributed by atoms with E-state index >= 15 is 0 Å². The fraction of sp³-hybridized carbons (Fsp3) is 0.833. The van der Waals surface area contributed by atoms with E-state index in [9.17, 15) is 4.79 Å². The Labute approximate surface area is 137 Å². The summed E-state index contributed by atoms with van der Waals surface area (Å²) in [6.07, 6.45) is 9.26. The van der Waals surface area contributed by atoms with Gasteiger partial charge in [0.15, 0.2) is 0 Å². The van der Waals surface area contributed by atoms with Crippen molar-refractivity contribution < 1.29 is 24.0 Å². The third-order valence-corrected chi connectivity index (χ3v) is 6.08. The van der Waals surface area contributed by atoms with Crippen LogP contribution in [0.1, 0.15) is 46.0 Å². The molecule has 0 aromatic carbocycles. The smallest absolute Gasteiger partial charge is 0.330 e. The lowest BCUT2D eigenvalue weighted by Crippen LogP contribution is -2.64. The second-order valence-electron chi connectivity index (χ2n) is 7.88. The number of carbonyl (C=O) groups excluding carboxylic acids is 1. The van der Waals surface area contributed by atoms with E-state index in [0.29, 0.717) is 25.0 Å². The number of hydrogen-bond donors (Lipinski definition) is 0. The largest absolute Gasteiger partial charge is 0.463 e. The van der Waals surface area contributed by atoms with Crippen molar-refractivity contribution in [2.24, 2.45) is 23.7 Å². The van der Waals surface area contributed by atoms with Gasteiger partial charge in [0.25, 0.3) is 0 Å². The minimum Gasteiger partial charge on any atom is -0.463 e. The zero-order valence-electron chi connectivity index (χ0n) is 14.0. The van der Waals surface area contributed by atoms with Crippen molar-refractivity contribution in [3.05, 3.63) is 12.2 Å². The van der Waals surface area contributed by atoms with Crippen LogP contribution in [0.25, 0.3) is 0 Å². The lowest BCUT2D eigenvalue weighted by Gasteiger charge is -2.61. The molecule has 4 aliphatic carbocycles. The van der Waals surface area contributed by atoms with Crippen LogP contribution in [-0.4, -0.2) is 30.6 Å². The summed E-state index contributed by atoms with van der Waals surface area (Å²) in [6, 6.07) is 0. The lowest BCUT2D eigenvalue weighted by molar-refractivity contribution is -0.536. The maximum atomic E-state index is 11.5. The summed E-state index contributed by atoms with van der Waals surface area (Å²) in [4.78, 5) is 23.2. The summed E-state index contributed by atoms with van der Waals surface area (Å²) in [6.45, 7) is 4.42. The van der Waals surface area contributed by atoms with Gasteiger partial charge in [0.2, 0.25) is 5.79 Å². The summed E-state index contributed by atoms with van der Waals surface area (Å²) in [5, 5.41) is 0. The summed E-state index contributed by atoms with van der Waals surface area (Å²) in [7, 11) is 0. The average molecular weight is 322 g/mol. The zero-order chi connectivity index (χ0) is 16.1. The minimum atomic E-state index is -0.743. The monoisotopic (exact) mass is 322 g/mol. The molecule has 1 atom stereocenters. The first-order valence-corrected chi connectivity index (χ1v) is 8.90. The molecular formula is C18H26O5. The Balaban J connectivity index is 1.43. The number of rotatable bonds is 3. The fourth-order valence-electron chi connectivity index (χ4n) is 5.19. The molecule has 0 radical (unpaired) electrons. The SMILES string of the molecule is CCOC(=O)/C=C/C1(C)COC2(OO1)C1CC3CC(C1)CC2C3. The van der Waals surface area contributed by atoms with Gasteiger partial charge >= 0.3 is 5.97 Å². The van der Waals surface area contributed by atoms with E-state index < -0.39 is 11.4 Å². The highest BCUT2D eigenvalue weighted by atomic mass is 17.2. The fourth-order valence-corrected chi connectivity index (χ4v) is 5.19. The molecule has 0 aromatic rings. The van der Waals surface area contributed by atoms with Gasteiger partial charge in [-0.3, -0.25) is 0 Å². The molecule has 0 aromatic heterocycles. The molecule has 1 aliphatic heterocycles. The van der Waals surface area contributed by atoms with Crippen molar-refractivity contribution in [3.8, 4) is 0 Å². The second-order valence-corrected chi connectivity index (χ2v) is 7.88. The first-order valence-electron chi connectivity index (χ1n) is 8.90. The van der Waals surface area contributed by atoms with Crippen LogP contribution in [0.2, 0.25) is 0 Å². The predicted octanol–water partition coefficient (Wildman–Crippen LogP) is 3.00. The Morgan fingerprint density at radius 3 is 2.30 bits per heavy atom. The number of carbonyl (C=O) groups is 1. The van der Waals surface area contributed by atoms with Gasteiger partial charge in [0.05, 0.1) is 13.2 Å². The Morgan fingerprint density at radius 2 is 1.78 bits per heavy atom. The first-order chi connectivity index (χ1) is 11.0. The van der Waals surface area contributed by atoms with E-state index in [4.69, 9.17) is 19.2 Å². The third-order valence-electron chi connectivity index (χ3n) is 6.08. The van der Waals surface area contributed by atoms with Gasteiger partial charge in [-0.05, 0) is 63.9 Å². The Kier molecular flexibility index (Phi) is 3.78. The van der Waals surface area contributed by atoms with E-state index in [2.05, 4.69) is 0 Å². The van der Waals surface area contributed by atoms with Gasteiger partial charge in [-0.2, -0.15) is 4.89 Å². The molecule has 5 nitrogen and oxygen atoms in total. The molecule has 5 aliphatic rings. The van der Waals surface area contributed by atoms with E-state index in [1.54, 1.807) is 13.0 Å². The normalized spacial score (nSPS) is 48.3. The molecule has 1 heterocycles. The van der Waals surface area contributed by atoms with Crippen LogP contribution in [-0.2, 0) is 24.0 Å². The molecule has 5 rings (SSSR count). The molecule has 128 valence electrons. The highest BCUT2D eigenvalue weighted by Crippen LogP contribution is 2.61. The maximum Gasteiger partial charge on any atom is 0.330 e. The van der Waals surface area contributed by atoms with E-state index in [1.807, 2.05) is 6.92 Å². The molecule has 5 fully saturated rings. The summed E-state index contributed by atoms with van der Waals surface area (Å²) in [5.74, 6) is 1.70. The van der Waals surface area contributed by atoms with Gasteiger partial charge in [-0.1, -0.05) is 0 Å². The molecule has 0 amide bonds. The lowest BCUT2D eigenvalue weighted by atomic mass is 9.53. The van der Waals surface area contributed by atoms with Crippen LogP contribution in [0.4, 0.5) is 0 Å². The molecule has 4 bridgehead atoms. The van der Waals surface area contributed by atoms with Crippen molar-refractivity contribution in [2.45, 2.75) is 57.3 Å². The van der Waals surface area contributed by atoms with Gasteiger partial charge in [-0.15, -0.1) is 0 Å². The van der Waals surface area contributed by atoms with Crippen LogP contribution >= 0.6 is 0 Å². The minimum absolute atomic E-state index is 0.364. The van der Waals surface area contributed by atoms with Crippen molar-refractivity contribution in [2.75, 3.05) is 13.2 Å². The van der Waals surface area contributed by atoms with Crippen molar-refractivity contribution in [3.63, 3.8) is 0 Å². The average Bonchev–Trinajstić information content (AvgIpc) is 2.52. The molecule has 0 N–H and O–H groups in total. The standard InChI is InChI=1S/C18H26O5/c1-3-20-16(19)4-5-17(2)11-21-18(23-22-17)14-7-12-6-13(9-14)10-15(18)8-12/h4-5,12-15H,3,6-11H2,1-2H3/b5-4+. The van der Waals surface area contributed by atoms with Crippen LogP contribution in [0, 0.1) is 23.7 Å². The van der Waals surface area contributed by atoms with Gasteiger partial charge in [0, 0.05) is 17.9 Å². The van der Waals surface area contributed by atoms with E-state index in [1.165, 1.54) is 38.2 Å². The Hall–Kier alpha value is -0.910. The van der Waals surface area contributed by atoms with Crippen LogP contribution < -0.4 is 0 Å². The Morgan fingerprint density at radius 1 is 1.13 bits per heavy atom. The zero-order valence-corrected chi connectivity index (χ0v) is 14.0. The molecule has 1 unspecified atom stereocenters. The molecule has 1 saturated heterocycles. The van der Waals surface area contributed by atoms with Crippen LogP contribution in [0.3, 0.4) is 0 Å². The molecule has 5 heteroatoms. The third kappa shape index (κ3) is 2.63. The highest BCUT2D eigenvalue weighted by Gasteiger charge is 2.62. The quantitative estimate of drug-likeness (QED) is 0.454. The highest BCUT2D eigenvalue weighted by molar-refractivity contribution is 5.82. The van der Waals surface area contributed by atoms with E-state index in [0.717, 1.165) is 11.8 Å². The second kappa shape index (κ2) is 5.57. The maximum absolute atomic E-state index is 11.5. The van der Waals surface area contributed by atoms with Crippen molar-refractivity contribution in [1.82, 2.24) is 0 Å². The molecule has 4 saturated carbocycles. The summed E-state index contributed by atoms with van der Waals surface area (Å²) >= 11 is 0. The molecule has 23 heavy (non-hydrogen) atoms. The predicted molar refractivity (Wildman–Crippen MR) is 82.1 cm³/mol. The Bertz CT molecular complexity index is 474. The summed E-state index contributed by atoms with van der Waals surface area (Å²) in [5.41, 5.74) is -0.743. The van der Waals surface area contributed by atoms with Gasteiger partial charge < -0.3 is 9.47 Å².